The van der Waals surface area contributed by atoms with Crippen LogP contribution >= 0.6 is 0 Å². The van der Waals surface area contributed by atoms with E-state index in [9.17, 15) is 26.5 Å². The second-order valence-corrected chi connectivity index (χ2v) is 10.5. The molecule has 10 nitrogen and oxygen atoms in total. The molecule has 34 heavy (non-hydrogen) atoms. The van der Waals surface area contributed by atoms with Crippen LogP contribution in [0.4, 0.5) is 0 Å². The van der Waals surface area contributed by atoms with Crippen LogP contribution in [0, 0.1) is 11.8 Å². The lowest BCUT2D eigenvalue weighted by atomic mass is 10.0. The molecule has 0 aliphatic heterocycles. The van der Waals surface area contributed by atoms with Crippen molar-refractivity contribution in [1.29, 1.82) is 0 Å². The predicted octanol–water partition coefficient (Wildman–Crippen LogP) is 2.97. The summed E-state index contributed by atoms with van der Waals surface area (Å²) in [6.07, 6.45) is 1.17. The third kappa shape index (κ3) is 5.58. The van der Waals surface area contributed by atoms with Gasteiger partial charge in [-0.2, -0.15) is 12.6 Å². The van der Waals surface area contributed by atoms with Crippen molar-refractivity contribution in [2.24, 2.45) is 11.8 Å². The zero-order valence-electron chi connectivity index (χ0n) is 18.1. The summed E-state index contributed by atoms with van der Waals surface area (Å²) in [7, 11) is -3.05. The first-order chi connectivity index (χ1) is 16.1. The van der Waals surface area contributed by atoms with Gasteiger partial charge in [0.05, 0.1) is 11.3 Å². The van der Waals surface area contributed by atoms with E-state index in [1.165, 1.54) is 19.2 Å². The lowest BCUT2D eigenvalue weighted by Crippen LogP contribution is -2.07. The largest absolute Gasteiger partial charge is 0.481 e. The van der Waals surface area contributed by atoms with E-state index in [1.807, 2.05) is 0 Å². The molecule has 2 fully saturated rings. The summed E-state index contributed by atoms with van der Waals surface area (Å²) in [5.74, 6) is -0.106. The Bertz CT molecular complexity index is 1230. The topological polar surface area (TPSA) is 157 Å². The van der Waals surface area contributed by atoms with Crippen molar-refractivity contribution in [3.05, 3.63) is 53.1 Å². The van der Waals surface area contributed by atoms with Crippen LogP contribution < -0.4 is 8.92 Å². The molecule has 184 valence electrons. The molecule has 0 amide bonds. The van der Waals surface area contributed by atoms with Gasteiger partial charge in [0.25, 0.3) is 10.1 Å². The van der Waals surface area contributed by atoms with Gasteiger partial charge in [-0.15, -0.1) is 0 Å². The number of carboxylic acids is 1. The van der Waals surface area contributed by atoms with E-state index in [0.29, 0.717) is 16.9 Å². The van der Waals surface area contributed by atoms with E-state index in [-0.39, 0.29) is 47.5 Å². The summed E-state index contributed by atoms with van der Waals surface area (Å²) >= 11 is -2.52. The Kier molecular flexibility index (Phi) is 6.97. The predicted molar refractivity (Wildman–Crippen MR) is 120 cm³/mol. The van der Waals surface area contributed by atoms with E-state index in [2.05, 4.69) is 0 Å². The Morgan fingerprint density at radius 3 is 2.32 bits per heavy atom. The quantitative estimate of drug-likeness (QED) is 0.232. The standard InChI is InChI=1S/C22H24O10S2/c1-30-11-31-13-3-5-14(20(8-13)32-33(25)26)16-9-18(16)19-10-17(19)15-4-2-12(7-22(23)24)6-21(15)34(27,28)29/h2-6,8,16-19H,7,9-11H2,1H3,(H,23,24)(H,25,26)(H,27,28,29). The van der Waals surface area contributed by atoms with Crippen molar-refractivity contribution in [2.45, 2.75) is 36.0 Å². The molecule has 5 atom stereocenters. The van der Waals surface area contributed by atoms with Gasteiger partial charge in [-0.25, -0.2) is 0 Å². The summed E-state index contributed by atoms with van der Waals surface area (Å²) in [4.78, 5) is 10.7. The number of carbonyl (C=O) groups is 1. The minimum Gasteiger partial charge on any atom is -0.481 e. The SMILES string of the molecule is COCOc1ccc(C2CC2C2CC2c2ccc(CC(=O)O)cc2S(=O)(=O)O)c(OS(=O)O)c1. The fourth-order valence-electron chi connectivity index (χ4n) is 4.67. The molecule has 0 radical (unpaired) electrons. The number of ether oxygens (including phenoxy) is 2. The van der Waals surface area contributed by atoms with Gasteiger partial charge in [0.1, 0.15) is 11.5 Å². The molecule has 3 N–H and O–H groups in total. The number of benzene rings is 2. The first kappa shape index (κ1) is 24.6. The van der Waals surface area contributed by atoms with Crippen LogP contribution in [-0.4, -0.2) is 46.7 Å². The first-order valence-corrected chi connectivity index (χ1v) is 12.9. The maximum absolute atomic E-state index is 12.0. The second kappa shape index (κ2) is 9.62. The van der Waals surface area contributed by atoms with Crippen LogP contribution in [0.3, 0.4) is 0 Å². The van der Waals surface area contributed by atoms with Crippen molar-refractivity contribution in [2.75, 3.05) is 13.9 Å². The smallest absolute Gasteiger partial charge is 0.357 e. The Balaban J connectivity index is 1.53. The van der Waals surface area contributed by atoms with Gasteiger partial charge >= 0.3 is 17.3 Å². The number of rotatable bonds is 11. The van der Waals surface area contributed by atoms with Gasteiger partial charge in [0, 0.05) is 13.2 Å². The van der Waals surface area contributed by atoms with Crippen LogP contribution in [0.25, 0.3) is 0 Å². The Labute approximate surface area is 199 Å². The summed E-state index contributed by atoms with van der Waals surface area (Å²) in [5, 5.41) is 8.98. The van der Waals surface area contributed by atoms with Gasteiger partial charge in [0.15, 0.2) is 6.79 Å². The molecule has 2 aromatic rings. The van der Waals surface area contributed by atoms with Gasteiger partial charge in [-0.3, -0.25) is 13.9 Å². The van der Waals surface area contributed by atoms with Crippen LogP contribution in [0.5, 0.6) is 11.5 Å². The monoisotopic (exact) mass is 512 g/mol. The molecule has 0 aromatic heterocycles. The van der Waals surface area contributed by atoms with E-state index < -0.39 is 27.4 Å². The fraction of sp³-hybridized carbons (Fsp3) is 0.409. The number of hydrogen-bond donors (Lipinski definition) is 3. The van der Waals surface area contributed by atoms with Crippen molar-refractivity contribution in [3.8, 4) is 11.5 Å². The molecule has 2 aliphatic rings. The molecule has 2 aromatic carbocycles. The highest BCUT2D eigenvalue weighted by Gasteiger charge is 2.55. The van der Waals surface area contributed by atoms with Gasteiger partial charge in [-0.05, 0) is 65.3 Å². The number of hydrogen-bond acceptors (Lipinski definition) is 7. The zero-order valence-corrected chi connectivity index (χ0v) is 19.8. The normalized spacial score (nSPS) is 24.3. The molecule has 2 aliphatic carbocycles. The third-order valence-corrected chi connectivity index (χ3v) is 7.46. The lowest BCUT2D eigenvalue weighted by molar-refractivity contribution is -0.136. The molecule has 0 heterocycles. The molecular formula is C22H24O10S2. The number of carboxylic acid groups (broad SMARTS) is 1. The summed E-state index contributed by atoms with van der Waals surface area (Å²) in [6, 6.07) is 9.39. The van der Waals surface area contributed by atoms with Crippen LogP contribution in [0.2, 0.25) is 0 Å². The number of methoxy groups -OCH3 is 1. The Morgan fingerprint density at radius 2 is 1.74 bits per heavy atom. The summed E-state index contributed by atoms with van der Waals surface area (Å²) < 4.78 is 69.5. The minimum atomic E-state index is -4.52. The highest BCUT2D eigenvalue weighted by Crippen LogP contribution is 2.66. The van der Waals surface area contributed by atoms with Gasteiger partial charge in [-0.1, -0.05) is 18.2 Å². The van der Waals surface area contributed by atoms with Crippen molar-refractivity contribution in [1.82, 2.24) is 0 Å². The van der Waals surface area contributed by atoms with Crippen molar-refractivity contribution >= 4 is 27.4 Å². The maximum atomic E-state index is 12.0. The molecule has 0 spiro atoms. The van der Waals surface area contributed by atoms with Crippen LogP contribution in [0.1, 0.15) is 41.4 Å². The number of aliphatic carboxylic acids is 1. The Hall–Kier alpha value is -2.51. The van der Waals surface area contributed by atoms with Crippen LogP contribution in [0.15, 0.2) is 41.3 Å². The summed E-state index contributed by atoms with van der Waals surface area (Å²) in [5.41, 5.74) is 1.53. The average molecular weight is 513 g/mol. The summed E-state index contributed by atoms with van der Waals surface area (Å²) in [6.45, 7) is 0.0121. The second-order valence-electron chi connectivity index (χ2n) is 8.48. The highest BCUT2D eigenvalue weighted by atomic mass is 32.2. The first-order valence-electron chi connectivity index (χ1n) is 10.5. The van der Waals surface area contributed by atoms with Gasteiger partial charge in [0.2, 0.25) is 0 Å². The van der Waals surface area contributed by atoms with E-state index in [0.717, 1.165) is 18.4 Å². The van der Waals surface area contributed by atoms with E-state index in [4.69, 9.17) is 18.8 Å². The van der Waals surface area contributed by atoms with Gasteiger partial charge < -0.3 is 18.8 Å². The minimum absolute atomic E-state index is 0.0121. The maximum Gasteiger partial charge on any atom is 0.357 e. The van der Waals surface area contributed by atoms with Crippen molar-refractivity contribution in [3.63, 3.8) is 0 Å². The molecule has 12 heteroatoms. The van der Waals surface area contributed by atoms with Crippen LogP contribution in [-0.2, 0) is 37.4 Å². The van der Waals surface area contributed by atoms with Crippen molar-refractivity contribution < 1.29 is 45.3 Å². The zero-order chi connectivity index (χ0) is 24.6. The molecule has 5 unspecified atom stereocenters. The lowest BCUT2D eigenvalue weighted by Gasteiger charge is -2.12. The van der Waals surface area contributed by atoms with E-state index in [1.54, 1.807) is 24.3 Å². The third-order valence-electron chi connectivity index (χ3n) is 6.23. The molecule has 0 bridgehead atoms. The highest BCUT2D eigenvalue weighted by molar-refractivity contribution is 7.85. The molecule has 2 saturated carbocycles. The molecule has 0 saturated heterocycles. The fourth-order valence-corrected chi connectivity index (χ4v) is 5.79. The Morgan fingerprint density at radius 1 is 1.09 bits per heavy atom. The molecular weight excluding hydrogens is 488 g/mol. The average Bonchev–Trinajstić information content (AvgIpc) is 3.64. The van der Waals surface area contributed by atoms with E-state index >= 15 is 0 Å². The molecule has 4 rings (SSSR count).